The number of carbonyl (C=O) groups is 2. The standard InChI is InChI=1S/C27H33N5O4/c1-2-35-27(34)24-9-3-4-13-31(24)19-20-7-5-8-22(17-20)36-21-10-15-30(16-11-21)26(33)23-18-25-28-12-6-14-32(25)29-23/h5-8,12,14,17-18,21,24H,2-4,9-11,13,15-16,19H2,1H3. The van der Waals surface area contributed by atoms with Crippen molar-refractivity contribution in [3.05, 3.63) is 60.0 Å². The summed E-state index contributed by atoms with van der Waals surface area (Å²) in [5.41, 5.74) is 2.20. The molecule has 1 amide bonds. The molecule has 9 heteroatoms. The second-order valence-corrected chi connectivity index (χ2v) is 9.44. The Balaban J connectivity index is 1.16. The molecule has 1 aromatic carbocycles. The first-order valence-electron chi connectivity index (χ1n) is 12.9. The molecule has 0 saturated carbocycles. The Kier molecular flexibility index (Phi) is 7.46. The molecule has 3 aromatic rings. The summed E-state index contributed by atoms with van der Waals surface area (Å²) >= 11 is 0. The molecule has 0 aliphatic carbocycles. The fourth-order valence-electron chi connectivity index (χ4n) is 5.10. The van der Waals surface area contributed by atoms with Crippen molar-refractivity contribution in [3.8, 4) is 5.75 Å². The van der Waals surface area contributed by atoms with Crippen molar-refractivity contribution in [2.24, 2.45) is 0 Å². The van der Waals surface area contributed by atoms with Crippen LogP contribution in [0.3, 0.4) is 0 Å². The first kappa shape index (κ1) is 24.2. The molecule has 1 atom stereocenters. The summed E-state index contributed by atoms with van der Waals surface area (Å²) in [5.74, 6) is 0.637. The van der Waals surface area contributed by atoms with E-state index in [0.29, 0.717) is 37.6 Å². The van der Waals surface area contributed by atoms with Gasteiger partial charge in [0.1, 0.15) is 17.9 Å². The van der Waals surface area contributed by atoms with Crippen LogP contribution in [0.1, 0.15) is 55.1 Å². The van der Waals surface area contributed by atoms with Crippen LogP contribution in [-0.2, 0) is 16.1 Å². The van der Waals surface area contributed by atoms with Crippen LogP contribution >= 0.6 is 0 Å². The fraction of sp³-hybridized carbons (Fsp3) is 0.481. The van der Waals surface area contributed by atoms with Gasteiger partial charge in [0, 0.05) is 50.9 Å². The average Bonchev–Trinajstić information content (AvgIpc) is 3.34. The predicted molar refractivity (Wildman–Crippen MR) is 134 cm³/mol. The molecular formula is C27H33N5O4. The van der Waals surface area contributed by atoms with Gasteiger partial charge in [0.15, 0.2) is 11.3 Å². The maximum Gasteiger partial charge on any atom is 0.323 e. The third-order valence-electron chi connectivity index (χ3n) is 6.94. The Morgan fingerprint density at radius 1 is 1.06 bits per heavy atom. The van der Waals surface area contributed by atoms with Gasteiger partial charge in [-0.25, -0.2) is 9.50 Å². The third-order valence-corrected chi connectivity index (χ3v) is 6.94. The van der Waals surface area contributed by atoms with E-state index in [9.17, 15) is 9.59 Å². The van der Waals surface area contributed by atoms with Crippen LogP contribution in [0.15, 0.2) is 48.8 Å². The number of fused-ring (bicyclic) bond motifs is 1. The molecule has 0 bridgehead atoms. The van der Waals surface area contributed by atoms with Crippen LogP contribution < -0.4 is 4.74 Å². The van der Waals surface area contributed by atoms with Crippen LogP contribution in [0, 0.1) is 0 Å². The molecule has 2 aromatic heterocycles. The van der Waals surface area contributed by atoms with Crippen LogP contribution in [0.4, 0.5) is 0 Å². The lowest BCUT2D eigenvalue weighted by Gasteiger charge is -2.34. The first-order chi connectivity index (χ1) is 17.6. The zero-order valence-corrected chi connectivity index (χ0v) is 20.7. The molecular weight excluding hydrogens is 458 g/mol. The molecule has 36 heavy (non-hydrogen) atoms. The molecule has 2 aliphatic rings. The average molecular weight is 492 g/mol. The highest BCUT2D eigenvalue weighted by Crippen LogP contribution is 2.25. The number of piperidine rings is 2. The van der Waals surface area contributed by atoms with Gasteiger partial charge >= 0.3 is 5.97 Å². The molecule has 4 heterocycles. The van der Waals surface area contributed by atoms with Gasteiger partial charge in [0.05, 0.1) is 6.61 Å². The van der Waals surface area contributed by atoms with Gasteiger partial charge in [0.25, 0.3) is 5.91 Å². The lowest BCUT2D eigenvalue weighted by Crippen LogP contribution is -2.44. The van der Waals surface area contributed by atoms with Gasteiger partial charge < -0.3 is 14.4 Å². The van der Waals surface area contributed by atoms with E-state index in [2.05, 4.69) is 27.1 Å². The molecule has 2 fully saturated rings. The van der Waals surface area contributed by atoms with E-state index in [1.54, 1.807) is 29.0 Å². The highest BCUT2D eigenvalue weighted by Gasteiger charge is 2.30. The van der Waals surface area contributed by atoms with Crippen LogP contribution in [0.25, 0.3) is 5.65 Å². The van der Waals surface area contributed by atoms with Crippen LogP contribution in [0.5, 0.6) is 5.75 Å². The Bertz CT molecular complexity index is 1170. The summed E-state index contributed by atoms with van der Waals surface area (Å²) in [6.07, 6.45) is 8.04. The van der Waals surface area contributed by atoms with E-state index in [1.165, 1.54) is 0 Å². The van der Waals surface area contributed by atoms with Crippen molar-refractivity contribution in [3.63, 3.8) is 0 Å². The summed E-state index contributed by atoms with van der Waals surface area (Å²) in [6.45, 7) is 5.10. The van der Waals surface area contributed by atoms with E-state index >= 15 is 0 Å². The first-order valence-corrected chi connectivity index (χ1v) is 12.9. The van der Waals surface area contributed by atoms with E-state index < -0.39 is 0 Å². The van der Waals surface area contributed by atoms with Gasteiger partial charge in [-0.05, 0) is 50.1 Å². The highest BCUT2D eigenvalue weighted by atomic mass is 16.5. The number of nitrogens with zero attached hydrogens (tertiary/aromatic N) is 5. The van der Waals surface area contributed by atoms with Crippen LogP contribution in [0.2, 0.25) is 0 Å². The molecule has 2 aliphatic heterocycles. The number of rotatable bonds is 7. The lowest BCUT2D eigenvalue weighted by atomic mass is 10.0. The number of hydrogen-bond acceptors (Lipinski definition) is 7. The highest BCUT2D eigenvalue weighted by molar-refractivity contribution is 5.93. The zero-order chi connectivity index (χ0) is 24.9. The maximum absolute atomic E-state index is 12.9. The molecule has 0 spiro atoms. The SMILES string of the molecule is CCOC(=O)C1CCCCN1Cc1cccc(OC2CCN(C(=O)c3cc4ncccn4n3)CC2)c1. The van der Waals surface area contributed by atoms with Crippen molar-refractivity contribution >= 4 is 17.5 Å². The largest absolute Gasteiger partial charge is 0.490 e. The Labute approximate surface area is 211 Å². The van der Waals surface area contributed by atoms with Gasteiger partial charge in [-0.3, -0.25) is 14.5 Å². The predicted octanol–water partition coefficient (Wildman–Crippen LogP) is 3.33. The number of hydrogen-bond donors (Lipinski definition) is 0. The molecule has 190 valence electrons. The van der Waals surface area contributed by atoms with Crippen LogP contribution in [-0.4, -0.2) is 74.7 Å². The van der Waals surface area contributed by atoms with E-state index in [0.717, 1.165) is 50.0 Å². The molecule has 9 nitrogen and oxygen atoms in total. The van der Waals surface area contributed by atoms with Gasteiger partial charge in [-0.1, -0.05) is 18.6 Å². The smallest absolute Gasteiger partial charge is 0.323 e. The molecule has 1 unspecified atom stereocenters. The van der Waals surface area contributed by atoms with Crippen molar-refractivity contribution in [2.45, 2.75) is 57.7 Å². The summed E-state index contributed by atoms with van der Waals surface area (Å²) in [5, 5.41) is 4.36. The summed E-state index contributed by atoms with van der Waals surface area (Å²) < 4.78 is 13.2. The van der Waals surface area contributed by atoms with E-state index in [1.807, 2.05) is 24.0 Å². The van der Waals surface area contributed by atoms with Gasteiger partial charge in [-0.2, -0.15) is 5.10 Å². The molecule has 0 N–H and O–H groups in total. The summed E-state index contributed by atoms with van der Waals surface area (Å²) in [6, 6.07) is 11.5. The zero-order valence-electron chi connectivity index (χ0n) is 20.7. The fourth-order valence-corrected chi connectivity index (χ4v) is 5.10. The van der Waals surface area contributed by atoms with Crippen molar-refractivity contribution in [1.29, 1.82) is 0 Å². The molecule has 2 saturated heterocycles. The Hall–Kier alpha value is -3.46. The lowest BCUT2D eigenvalue weighted by molar-refractivity contribution is -0.151. The normalized spacial score (nSPS) is 19.4. The summed E-state index contributed by atoms with van der Waals surface area (Å²) in [4.78, 5) is 33.6. The minimum atomic E-state index is -0.172. The number of benzene rings is 1. The third kappa shape index (κ3) is 5.51. The van der Waals surface area contributed by atoms with Crippen molar-refractivity contribution in [2.75, 3.05) is 26.2 Å². The Morgan fingerprint density at radius 2 is 1.92 bits per heavy atom. The minimum absolute atomic E-state index is 0.0503. The van der Waals surface area contributed by atoms with Crippen molar-refractivity contribution < 1.29 is 19.1 Å². The molecule has 5 rings (SSSR count). The molecule has 0 radical (unpaired) electrons. The Morgan fingerprint density at radius 3 is 2.72 bits per heavy atom. The monoisotopic (exact) mass is 491 g/mol. The summed E-state index contributed by atoms with van der Waals surface area (Å²) in [7, 11) is 0. The van der Waals surface area contributed by atoms with Crippen molar-refractivity contribution in [1.82, 2.24) is 24.4 Å². The second-order valence-electron chi connectivity index (χ2n) is 9.44. The number of ether oxygens (including phenoxy) is 2. The van der Waals surface area contributed by atoms with Gasteiger partial charge in [0.2, 0.25) is 0 Å². The number of esters is 1. The minimum Gasteiger partial charge on any atom is -0.490 e. The van der Waals surface area contributed by atoms with E-state index in [-0.39, 0.29) is 24.0 Å². The number of aromatic nitrogens is 3. The van der Waals surface area contributed by atoms with Gasteiger partial charge in [-0.15, -0.1) is 0 Å². The number of amides is 1. The number of likely N-dealkylation sites (tertiary alicyclic amines) is 2. The number of carbonyl (C=O) groups excluding carboxylic acids is 2. The topological polar surface area (TPSA) is 89.3 Å². The van der Waals surface area contributed by atoms with E-state index in [4.69, 9.17) is 9.47 Å². The maximum atomic E-state index is 12.9. The quantitative estimate of drug-likeness (QED) is 0.469. The second kappa shape index (κ2) is 11.1.